The molecule has 2 fully saturated rings. The largest absolute Gasteiger partial charge is 0.447 e. The molecule has 13 heteroatoms. The van der Waals surface area contributed by atoms with Gasteiger partial charge in [-0.05, 0) is 47.9 Å². The number of aromatic nitrogens is 3. The molecule has 4 aromatic rings. The Labute approximate surface area is 288 Å². The molecule has 3 aliphatic rings. The molecule has 258 valence electrons. The van der Waals surface area contributed by atoms with Crippen molar-refractivity contribution in [2.24, 2.45) is 5.92 Å². The maximum Gasteiger partial charge on any atom is 0.414 e. The first-order valence-electron chi connectivity index (χ1n) is 16.7. The minimum atomic E-state index is -1.91. The van der Waals surface area contributed by atoms with Crippen molar-refractivity contribution in [3.8, 4) is 0 Å². The molecule has 2 saturated heterocycles. The van der Waals surface area contributed by atoms with Gasteiger partial charge in [0.05, 0.1) is 43.5 Å². The summed E-state index contributed by atoms with van der Waals surface area (Å²) in [6, 6.07) is 22.2. The molecular weight excluding hydrogens is 640 g/mol. The van der Waals surface area contributed by atoms with Gasteiger partial charge in [0.25, 0.3) is 5.91 Å². The van der Waals surface area contributed by atoms with E-state index >= 15 is 0 Å². The highest BCUT2D eigenvalue weighted by Gasteiger charge is 2.53. The Kier molecular flexibility index (Phi) is 9.08. The zero-order chi connectivity index (χ0) is 34.8. The van der Waals surface area contributed by atoms with Crippen molar-refractivity contribution in [3.05, 3.63) is 114 Å². The summed E-state index contributed by atoms with van der Waals surface area (Å²) in [4.78, 5) is 43.3. The van der Waals surface area contributed by atoms with Gasteiger partial charge >= 0.3 is 12.2 Å². The highest BCUT2D eigenvalue weighted by Crippen LogP contribution is 2.47. The molecule has 0 bridgehead atoms. The molecule has 1 aromatic heterocycles. The van der Waals surface area contributed by atoms with Gasteiger partial charge in [0.1, 0.15) is 13.2 Å². The smallest absolute Gasteiger partial charge is 0.414 e. The maximum absolute atomic E-state index is 14.2. The molecule has 3 amide bonds. The summed E-state index contributed by atoms with van der Waals surface area (Å²) in [5.74, 6) is -1.39. The number of nitrogens with zero attached hydrogens (tertiary/aromatic N) is 6. The number of hydrogen-bond acceptors (Lipinski definition) is 9. The molecule has 0 aliphatic carbocycles. The maximum atomic E-state index is 14.2. The Morgan fingerprint density at radius 1 is 0.920 bits per heavy atom. The number of cyclic esters (lactones) is 2. The van der Waals surface area contributed by atoms with E-state index in [9.17, 15) is 24.6 Å². The van der Waals surface area contributed by atoms with E-state index in [2.05, 4.69) is 10.3 Å². The number of carbonyl (C=O) groups excluding carboxylic acids is 3. The topological polar surface area (TPSA) is 151 Å². The molecule has 3 atom stereocenters. The fraction of sp³-hybridized carbons (Fsp3) is 0.324. The van der Waals surface area contributed by atoms with E-state index in [4.69, 9.17) is 9.47 Å². The number of aliphatic hydroxyl groups excluding tert-OH is 1. The second-order valence-corrected chi connectivity index (χ2v) is 12.6. The van der Waals surface area contributed by atoms with Crippen LogP contribution in [0.3, 0.4) is 0 Å². The Bertz CT molecular complexity index is 1910. The van der Waals surface area contributed by atoms with Crippen LogP contribution in [0.1, 0.15) is 41.6 Å². The number of aliphatic hydroxyl groups is 2. The van der Waals surface area contributed by atoms with Crippen molar-refractivity contribution >= 4 is 35.2 Å². The number of ether oxygens (including phenoxy) is 2. The van der Waals surface area contributed by atoms with Crippen LogP contribution in [0.15, 0.2) is 91.1 Å². The number of anilines is 3. The summed E-state index contributed by atoms with van der Waals surface area (Å²) in [6.45, 7) is 3.83. The number of benzene rings is 3. The van der Waals surface area contributed by atoms with Gasteiger partial charge in [0, 0.05) is 35.6 Å². The number of allylic oxidation sites excluding steroid dienone is 1. The molecule has 3 aliphatic heterocycles. The first-order valence-corrected chi connectivity index (χ1v) is 16.7. The van der Waals surface area contributed by atoms with E-state index in [0.717, 1.165) is 11.1 Å². The normalized spacial score (nSPS) is 20.1. The summed E-state index contributed by atoms with van der Waals surface area (Å²) in [5, 5.41) is 30.8. The first-order chi connectivity index (χ1) is 24.3. The van der Waals surface area contributed by atoms with Gasteiger partial charge in [0.2, 0.25) is 0 Å². The van der Waals surface area contributed by atoms with E-state index in [0.29, 0.717) is 61.0 Å². The van der Waals surface area contributed by atoms with E-state index in [1.807, 2.05) is 72.9 Å². The van der Waals surface area contributed by atoms with Crippen LogP contribution in [0.25, 0.3) is 0 Å². The lowest BCUT2D eigenvalue weighted by Crippen LogP contribution is -2.44. The van der Waals surface area contributed by atoms with E-state index in [1.165, 1.54) is 4.90 Å². The monoisotopic (exact) mass is 678 g/mol. The number of aryl methyl sites for hydroxylation is 1. The second-order valence-electron chi connectivity index (χ2n) is 12.6. The summed E-state index contributed by atoms with van der Waals surface area (Å²) in [7, 11) is 0. The van der Waals surface area contributed by atoms with E-state index in [1.54, 1.807) is 39.6 Å². The molecule has 1 unspecified atom stereocenters. The molecule has 0 spiro atoms. The van der Waals surface area contributed by atoms with Crippen LogP contribution < -0.4 is 14.7 Å². The molecule has 3 aromatic carbocycles. The van der Waals surface area contributed by atoms with Gasteiger partial charge in [-0.25, -0.2) is 9.59 Å². The molecule has 0 saturated carbocycles. The van der Waals surface area contributed by atoms with Gasteiger partial charge in [-0.1, -0.05) is 66.8 Å². The van der Waals surface area contributed by atoms with Crippen LogP contribution in [-0.4, -0.2) is 76.2 Å². The average Bonchev–Trinajstić information content (AvgIpc) is 3.93. The number of amides is 3. The number of hydrogen-bond donors (Lipinski definition) is 2. The van der Waals surface area contributed by atoms with Crippen molar-refractivity contribution in [2.45, 2.75) is 38.0 Å². The fourth-order valence-corrected chi connectivity index (χ4v) is 6.76. The number of carbonyl (C=O) groups is 3. The van der Waals surface area contributed by atoms with Gasteiger partial charge in [-0.3, -0.25) is 19.3 Å². The van der Waals surface area contributed by atoms with Crippen LogP contribution >= 0.6 is 0 Å². The Hall–Kier alpha value is -5.53. The minimum Gasteiger partial charge on any atom is -0.447 e. The zero-order valence-corrected chi connectivity index (χ0v) is 27.6. The Morgan fingerprint density at radius 3 is 2.26 bits per heavy atom. The molecule has 7 rings (SSSR count). The third kappa shape index (κ3) is 6.09. The zero-order valence-electron chi connectivity index (χ0n) is 27.6. The predicted octanol–water partition coefficient (Wildman–Crippen LogP) is 4.33. The van der Waals surface area contributed by atoms with Crippen LogP contribution in [-0.2, 0) is 33.0 Å². The van der Waals surface area contributed by atoms with Gasteiger partial charge in [0.15, 0.2) is 5.60 Å². The van der Waals surface area contributed by atoms with Gasteiger partial charge in [-0.2, -0.15) is 0 Å². The van der Waals surface area contributed by atoms with Crippen LogP contribution in [0.5, 0.6) is 0 Å². The summed E-state index contributed by atoms with van der Waals surface area (Å²) >= 11 is 0. The van der Waals surface area contributed by atoms with Crippen LogP contribution in [0.4, 0.5) is 26.7 Å². The standard InChI is InChI=1S/C37H38N6O7/c1-25(7-5-6-16-40-23-32(38-39-40)30(24-44)27-8-3-2-4-9-27)37(48)31-21-29(42-18-20-50-36(42)47)14-15-33(31)43(34(37)45)22-26-10-12-28(13-11-26)41-17-19-49-35(41)46/h2-5,7-15,21,23,25,30,44,48H,6,16-20,22,24H2,1H3/b7-5+/t25-,30?,37+/m0/s1. The minimum absolute atomic E-state index is 0.0910. The molecule has 2 N–H and O–H groups in total. The highest BCUT2D eigenvalue weighted by molar-refractivity contribution is 6.08. The van der Waals surface area contributed by atoms with Crippen molar-refractivity contribution in [2.75, 3.05) is 47.6 Å². The number of fused-ring (bicyclic) bond motifs is 1. The predicted molar refractivity (Wildman–Crippen MR) is 184 cm³/mol. The summed E-state index contributed by atoms with van der Waals surface area (Å²) < 4.78 is 11.9. The van der Waals surface area contributed by atoms with Crippen LogP contribution in [0.2, 0.25) is 0 Å². The lowest BCUT2D eigenvalue weighted by atomic mass is 9.82. The average molecular weight is 679 g/mol. The Morgan fingerprint density at radius 2 is 1.60 bits per heavy atom. The third-order valence-corrected chi connectivity index (χ3v) is 9.58. The van der Waals surface area contributed by atoms with E-state index in [-0.39, 0.29) is 25.7 Å². The van der Waals surface area contributed by atoms with E-state index < -0.39 is 29.6 Å². The summed E-state index contributed by atoms with van der Waals surface area (Å²) in [6.07, 6.45) is 5.24. The highest BCUT2D eigenvalue weighted by atomic mass is 16.6. The molecule has 13 nitrogen and oxygen atoms in total. The lowest BCUT2D eigenvalue weighted by Gasteiger charge is -2.28. The van der Waals surface area contributed by atoms with Crippen molar-refractivity contribution < 1.29 is 34.1 Å². The van der Waals surface area contributed by atoms with Crippen molar-refractivity contribution in [1.82, 2.24) is 15.0 Å². The fourth-order valence-electron chi connectivity index (χ4n) is 6.76. The molecule has 0 radical (unpaired) electrons. The molecule has 4 heterocycles. The number of rotatable bonds is 12. The van der Waals surface area contributed by atoms with Crippen LogP contribution in [0, 0.1) is 5.92 Å². The van der Waals surface area contributed by atoms with Gasteiger partial charge in [-0.15, -0.1) is 5.10 Å². The molecule has 50 heavy (non-hydrogen) atoms. The van der Waals surface area contributed by atoms with Gasteiger partial charge < -0.3 is 24.6 Å². The third-order valence-electron chi connectivity index (χ3n) is 9.58. The first kappa shape index (κ1) is 33.0. The van der Waals surface area contributed by atoms with Crippen molar-refractivity contribution in [3.63, 3.8) is 0 Å². The molecular formula is C37H38N6O7. The lowest BCUT2D eigenvalue weighted by molar-refractivity contribution is -0.139. The SMILES string of the molecule is C[C@@H](/C=C/CCn1cc(C(CO)c2ccccc2)nn1)[C@]1(O)C(=O)N(Cc2ccc(N3CCOC3=O)cc2)c2ccc(N3CCOC3=O)cc21. The quantitative estimate of drug-likeness (QED) is 0.209. The summed E-state index contributed by atoms with van der Waals surface area (Å²) in [5.41, 5.74) is 2.72. The second kappa shape index (κ2) is 13.8. The Balaban J connectivity index is 1.09. The van der Waals surface area contributed by atoms with Crippen molar-refractivity contribution in [1.29, 1.82) is 0 Å².